The molecule has 0 radical (unpaired) electrons. The van der Waals surface area contributed by atoms with Crippen molar-refractivity contribution in [1.82, 2.24) is 30.4 Å². The Hall–Kier alpha value is -3.51. The van der Waals surface area contributed by atoms with Crippen LogP contribution in [0.25, 0.3) is 16.7 Å². The van der Waals surface area contributed by atoms with Gasteiger partial charge in [0.05, 0.1) is 16.6 Å². The Morgan fingerprint density at radius 3 is 2.70 bits per heavy atom. The molecule has 2 N–H and O–H groups in total. The number of fused-ring (bicyclic) bond motifs is 1. The molecule has 0 aliphatic carbocycles. The van der Waals surface area contributed by atoms with E-state index in [0.717, 1.165) is 27.7 Å². The summed E-state index contributed by atoms with van der Waals surface area (Å²) in [6.07, 6.45) is -1.32. The molecule has 8 nitrogen and oxygen atoms in total. The number of aromatic nitrogens is 4. The summed E-state index contributed by atoms with van der Waals surface area (Å²) in [4.78, 5) is 23.6. The number of carbonyl (C=O) groups is 1. The van der Waals surface area contributed by atoms with Crippen LogP contribution in [0.15, 0.2) is 59.5 Å². The number of anilines is 1. The van der Waals surface area contributed by atoms with Gasteiger partial charge in [0.1, 0.15) is 18.2 Å². The lowest BCUT2D eigenvalue weighted by molar-refractivity contribution is -0.137. The first kappa shape index (κ1) is 25.2. The molecule has 0 bridgehead atoms. The summed E-state index contributed by atoms with van der Waals surface area (Å²) in [6.45, 7) is 4.00. The molecule has 2 aromatic heterocycles. The molecule has 1 amide bonds. The summed E-state index contributed by atoms with van der Waals surface area (Å²) < 4.78 is 41.3. The Kier molecular flexibility index (Phi) is 6.86. The molecule has 37 heavy (non-hydrogen) atoms. The van der Waals surface area contributed by atoms with Crippen LogP contribution in [0.4, 0.5) is 19.0 Å². The number of nitrogens with zero attached hydrogens (tertiary/aromatic N) is 5. The quantitative estimate of drug-likeness (QED) is 0.375. The van der Waals surface area contributed by atoms with Crippen molar-refractivity contribution in [1.29, 1.82) is 0 Å². The Bertz CT molecular complexity index is 1440. The fourth-order valence-electron chi connectivity index (χ4n) is 4.26. The lowest BCUT2D eigenvalue weighted by Crippen LogP contribution is -2.57. The van der Waals surface area contributed by atoms with Gasteiger partial charge in [-0.1, -0.05) is 28.1 Å². The number of aryl methyl sites for hydroxylation is 1. The van der Waals surface area contributed by atoms with Crippen molar-refractivity contribution in [2.24, 2.45) is 0 Å². The molecule has 2 aromatic carbocycles. The molecule has 1 aliphatic heterocycles. The van der Waals surface area contributed by atoms with E-state index in [9.17, 15) is 18.0 Å². The third-order valence-electron chi connectivity index (χ3n) is 6.24. The average molecular weight is 574 g/mol. The highest BCUT2D eigenvalue weighted by molar-refractivity contribution is 9.10. The van der Waals surface area contributed by atoms with Gasteiger partial charge in [-0.05, 0) is 48.4 Å². The van der Waals surface area contributed by atoms with Gasteiger partial charge < -0.3 is 15.5 Å². The Morgan fingerprint density at radius 2 is 1.97 bits per heavy atom. The number of hydrogen-bond donors (Lipinski definition) is 2. The van der Waals surface area contributed by atoms with Crippen LogP contribution in [0.3, 0.4) is 0 Å². The number of hydrogen-bond acceptors (Lipinski definition) is 6. The van der Waals surface area contributed by atoms with Gasteiger partial charge >= 0.3 is 6.18 Å². The molecule has 0 unspecified atom stereocenters. The number of alkyl halides is 3. The van der Waals surface area contributed by atoms with Crippen molar-refractivity contribution in [2.45, 2.75) is 25.7 Å². The number of piperazine rings is 1. The molecule has 1 fully saturated rings. The second kappa shape index (κ2) is 10.1. The van der Waals surface area contributed by atoms with E-state index in [1.54, 1.807) is 6.20 Å². The molecule has 3 heterocycles. The monoisotopic (exact) mass is 573 g/mol. The van der Waals surface area contributed by atoms with Crippen molar-refractivity contribution < 1.29 is 18.0 Å². The number of rotatable bonds is 5. The first-order valence-corrected chi connectivity index (χ1v) is 12.4. The van der Waals surface area contributed by atoms with E-state index < -0.39 is 17.8 Å². The maximum absolute atomic E-state index is 12.9. The molecule has 0 saturated carbocycles. The third kappa shape index (κ3) is 5.44. The molecule has 0 spiro atoms. The van der Waals surface area contributed by atoms with Gasteiger partial charge in [-0.2, -0.15) is 13.2 Å². The van der Waals surface area contributed by atoms with Crippen molar-refractivity contribution in [3.8, 4) is 5.69 Å². The van der Waals surface area contributed by atoms with Gasteiger partial charge in [-0.25, -0.2) is 14.6 Å². The Labute approximate surface area is 219 Å². The fraction of sp³-hybridized carbons (Fsp3) is 0.280. The minimum atomic E-state index is -4.41. The lowest BCUT2D eigenvalue weighted by atomic mass is 10.1. The van der Waals surface area contributed by atoms with Crippen LogP contribution in [-0.2, 0) is 17.5 Å². The van der Waals surface area contributed by atoms with E-state index in [1.807, 2.05) is 30.0 Å². The standard InChI is InChI=1S/C25H23BrF3N7O/c1-15-10-16(2-7-20(15)26)11-31-24(37)21-13-35(9-8-30-21)23-19-12-36(34-22(19)32-14-33-23)18-5-3-17(4-6-18)25(27,28)29/h2-7,10,12,14,21,30H,8-9,11,13H2,1H3,(H,31,37)/t21-/m1/s1. The summed E-state index contributed by atoms with van der Waals surface area (Å²) in [5.74, 6) is 0.502. The van der Waals surface area contributed by atoms with E-state index in [-0.39, 0.29) is 5.91 Å². The van der Waals surface area contributed by atoms with Crippen LogP contribution in [0.1, 0.15) is 16.7 Å². The van der Waals surface area contributed by atoms with Gasteiger partial charge in [0.15, 0.2) is 5.65 Å². The van der Waals surface area contributed by atoms with Crippen LogP contribution < -0.4 is 15.5 Å². The number of halogens is 4. The number of amides is 1. The van der Waals surface area contributed by atoms with Crippen molar-refractivity contribution >= 4 is 38.7 Å². The van der Waals surface area contributed by atoms with Gasteiger partial charge in [-0.3, -0.25) is 4.79 Å². The molecule has 5 rings (SSSR count). The SMILES string of the molecule is Cc1cc(CNC(=O)[C@H]2CN(c3ncnc4nn(-c5ccc(C(F)(F)F)cc5)cc34)CCN2)ccc1Br. The smallest absolute Gasteiger partial charge is 0.353 e. The summed E-state index contributed by atoms with van der Waals surface area (Å²) in [5.41, 5.74) is 2.26. The van der Waals surface area contributed by atoms with Crippen LogP contribution in [0.2, 0.25) is 0 Å². The van der Waals surface area contributed by atoms with Crippen molar-refractivity contribution in [3.05, 3.63) is 76.2 Å². The Morgan fingerprint density at radius 1 is 1.19 bits per heavy atom. The zero-order valence-electron chi connectivity index (χ0n) is 19.8. The maximum Gasteiger partial charge on any atom is 0.416 e. The van der Waals surface area contributed by atoms with Gasteiger partial charge in [0.2, 0.25) is 5.91 Å². The van der Waals surface area contributed by atoms with Crippen LogP contribution in [0.5, 0.6) is 0 Å². The summed E-state index contributed by atoms with van der Waals surface area (Å²) in [5, 5.41) is 11.3. The molecule has 1 aliphatic rings. The van der Waals surface area contributed by atoms with E-state index in [0.29, 0.717) is 48.7 Å². The van der Waals surface area contributed by atoms with E-state index in [4.69, 9.17) is 0 Å². The summed E-state index contributed by atoms with van der Waals surface area (Å²) in [6, 6.07) is 10.3. The van der Waals surface area contributed by atoms with Crippen LogP contribution >= 0.6 is 15.9 Å². The number of nitrogens with one attached hydrogen (secondary N) is 2. The van der Waals surface area contributed by atoms with Crippen LogP contribution in [0, 0.1) is 6.92 Å². The minimum absolute atomic E-state index is 0.115. The maximum atomic E-state index is 12.9. The number of benzene rings is 2. The van der Waals surface area contributed by atoms with Gasteiger partial charge in [-0.15, -0.1) is 5.10 Å². The highest BCUT2D eigenvalue weighted by Gasteiger charge is 2.30. The summed E-state index contributed by atoms with van der Waals surface area (Å²) >= 11 is 3.48. The van der Waals surface area contributed by atoms with Gasteiger partial charge in [0.25, 0.3) is 0 Å². The lowest BCUT2D eigenvalue weighted by Gasteiger charge is -2.33. The number of carbonyl (C=O) groups excluding carboxylic acids is 1. The third-order valence-corrected chi connectivity index (χ3v) is 7.13. The van der Waals surface area contributed by atoms with Crippen molar-refractivity contribution in [3.63, 3.8) is 0 Å². The highest BCUT2D eigenvalue weighted by atomic mass is 79.9. The van der Waals surface area contributed by atoms with Gasteiger partial charge in [0, 0.05) is 36.8 Å². The predicted molar refractivity (Wildman–Crippen MR) is 136 cm³/mol. The molecular weight excluding hydrogens is 551 g/mol. The zero-order valence-corrected chi connectivity index (χ0v) is 21.3. The second-order valence-electron chi connectivity index (χ2n) is 8.81. The second-order valence-corrected chi connectivity index (χ2v) is 9.66. The first-order chi connectivity index (χ1) is 17.7. The van der Waals surface area contributed by atoms with E-state index in [2.05, 4.69) is 41.6 Å². The van der Waals surface area contributed by atoms with E-state index in [1.165, 1.54) is 23.1 Å². The molecule has 1 atom stereocenters. The molecule has 12 heteroatoms. The zero-order chi connectivity index (χ0) is 26.2. The highest BCUT2D eigenvalue weighted by Crippen LogP contribution is 2.30. The molecule has 192 valence electrons. The van der Waals surface area contributed by atoms with Crippen molar-refractivity contribution in [2.75, 3.05) is 24.5 Å². The van der Waals surface area contributed by atoms with E-state index >= 15 is 0 Å². The molecule has 1 saturated heterocycles. The first-order valence-electron chi connectivity index (χ1n) is 11.6. The molecular formula is C25H23BrF3N7O. The topological polar surface area (TPSA) is 88.0 Å². The van der Waals surface area contributed by atoms with Crippen LogP contribution in [-0.4, -0.2) is 51.3 Å². The largest absolute Gasteiger partial charge is 0.416 e. The average Bonchev–Trinajstić information content (AvgIpc) is 3.33. The predicted octanol–water partition coefficient (Wildman–Crippen LogP) is 4.00. The molecule has 4 aromatic rings. The normalized spacial score (nSPS) is 16.2. The Balaban J connectivity index is 1.32. The summed E-state index contributed by atoms with van der Waals surface area (Å²) in [7, 11) is 0. The fourth-order valence-corrected chi connectivity index (χ4v) is 4.51. The minimum Gasteiger partial charge on any atom is -0.353 e.